The van der Waals surface area contributed by atoms with Crippen molar-refractivity contribution in [1.29, 1.82) is 0 Å². The monoisotopic (exact) mass is 800 g/mol. The Balaban J connectivity index is 0.000000462. The molecule has 49 heavy (non-hydrogen) atoms. The third-order valence-corrected chi connectivity index (χ3v) is 11.3. The van der Waals surface area contributed by atoms with Crippen LogP contribution >= 0.6 is 15.8 Å². The van der Waals surface area contributed by atoms with Crippen LogP contribution in [-0.4, -0.2) is 26.8 Å². The van der Waals surface area contributed by atoms with Crippen LogP contribution in [-0.2, 0) is 21.1 Å². The van der Waals surface area contributed by atoms with Gasteiger partial charge >= 0.3 is 35.6 Å². The molecule has 0 spiro atoms. The normalized spacial score (nSPS) is 13.7. The molecule has 0 aliphatic heterocycles. The van der Waals surface area contributed by atoms with E-state index < -0.39 is 14.5 Å². The van der Waals surface area contributed by atoms with E-state index in [1.165, 1.54) is 33.5 Å². The van der Waals surface area contributed by atoms with E-state index in [-0.39, 0.29) is 36.9 Å². The topological polar surface area (TPSA) is 0 Å². The first-order valence-electron chi connectivity index (χ1n) is 14.7. The van der Waals surface area contributed by atoms with Crippen molar-refractivity contribution in [1.82, 2.24) is 0 Å². The van der Waals surface area contributed by atoms with E-state index >= 15 is 0 Å². The molecule has 2 saturated carbocycles. The zero-order chi connectivity index (χ0) is 35.1. The summed E-state index contributed by atoms with van der Waals surface area (Å²) in [5.41, 5.74) is 0. The maximum Gasteiger partial charge on any atom is 2.00 e. The van der Waals surface area contributed by atoms with Crippen molar-refractivity contribution in [2.45, 2.75) is 0 Å². The van der Waals surface area contributed by atoms with E-state index in [0.717, 1.165) is 0 Å². The minimum Gasteiger partial charge on any atom is -0.418 e. The van der Waals surface area contributed by atoms with Gasteiger partial charge < -0.3 is 34.5 Å². The Hall–Kier alpha value is -2.00. The zero-order valence-corrected chi connectivity index (χ0v) is 30.0. The van der Waals surface area contributed by atoms with Gasteiger partial charge in [-0.2, -0.15) is 0 Å². The van der Waals surface area contributed by atoms with E-state index in [2.05, 4.69) is 121 Å². The van der Waals surface area contributed by atoms with Gasteiger partial charge in [-0.05, 0) is 114 Å². The van der Waals surface area contributed by atoms with Crippen molar-refractivity contribution < 1.29 is 55.6 Å². The molecule has 0 atom stereocenters. The Morgan fingerprint density at radius 2 is 0.449 bits per heavy atom. The molecule has 0 aromatic heterocycles. The van der Waals surface area contributed by atoms with Gasteiger partial charge in [0.05, 0.1) is 0 Å². The van der Waals surface area contributed by atoms with Gasteiger partial charge in [-0.1, -0.05) is 121 Å². The van der Waals surface area contributed by atoms with Crippen molar-refractivity contribution in [3.05, 3.63) is 186 Å². The van der Waals surface area contributed by atoms with Gasteiger partial charge in [-0.15, -0.1) is 0 Å². The van der Waals surface area contributed by atoms with Crippen molar-refractivity contribution >= 4 is 51.6 Å². The third-order valence-electron chi connectivity index (χ3n) is 5.93. The first-order valence-corrected chi connectivity index (χ1v) is 17.8. The number of hydrogen-bond donors (Lipinski definition) is 0. The Bertz CT molecular complexity index is 1120. The molecule has 256 valence electrons. The standard InChI is InChI=1S/C26H24P2.2C5H5.2BF4.Mo/c1-5-13-23(14-6-1)27(24-15-7-2-8-16-24)21-22-28(25-17-9-3-10-18-25)26-19-11-4-12-20-26;2*1-2-4-5-3-1;2*2-1(3,4)5;/h1-20H,21-22H2;2*1-5H;;;/q;;;2*-1;+2. The summed E-state index contributed by atoms with van der Waals surface area (Å²) in [6.07, 6.45) is 22.4. The summed E-state index contributed by atoms with van der Waals surface area (Å²) in [4.78, 5) is 0. The molecule has 2 fully saturated rings. The fourth-order valence-corrected chi connectivity index (χ4v) is 9.44. The number of hydrogen-bond acceptors (Lipinski definition) is 0. The van der Waals surface area contributed by atoms with Crippen LogP contribution in [0.4, 0.5) is 34.5 Å². The molecule has 0 saturated heterocycles. The minimum atomic E-state index is -6.00. The Morgan fingerprint density at radius 3 is 0.592 bits per heavy atom. The molecular formula is C36H34B2F8MoP2. The molecule has 4 aromatic rings. The molecule has 0 unspecified atom stereocenters. The summed E-state index contributed by atoms with van der Waals surface area (Å²) < 4.78 is 78.0. The first-order chi connectivity index (χ1) is 22.9. The van der Waals surface area contributed by atoms with Crippen LogP contribution < -0.4 is 21.2 Å². The van der Waals surface area contributed by atoms with Crippen LogP contribution in [0.3, 0.4) is 0 Å². The average molecular weight is 798 g/mol. The molecular weight excluding hydrogens is 764 g/mol. The zero-order valence-electron chi connectivity index (χ0n) is 26.2. The number of rotatable bonds is 7. The molecule has 10 radical (unpaired) electrons. The van der Waals surface area contributed by atoms with Gasteiger partial charge in [0, 0.05) is 0 Å². The Kier molecular flexibility index (Phi) is 23.8. The molecule has 0 nitrogen and oxygen atoms in total. The summed E-state index contributed by atoms with van der Waals surface area (Å²) in [7, 11) is -12.7. The first kappa shape index (κ1) is 45.0. The second-order valence-electron chi connectivity index (χ2n) is 9.56. The third kappa shape index (κ3) is 23.9. The van der Waals surface area contributed by atoms with Gasteiger partial charge in [0.15, 0.2) is 0 Å². The second-order valence-corrected chi connectivity index (χ2v) is 14.2. The fraction of sp³-hybridized carbons (Fsp3) is 0.0556. The number of benzene rings is 4. The van der Waals surface area contributed by atoms with Crippen molar-refractivity contribution in [2.75, 3.05) is 12.3 Å². The van der Waals surface area contributed by atoms with Gasteiger partial charge in [0.25, 0.3) is 0 Å². The van der Waals surface area contributed by atoms with Crippen LogP contribution in [0.15, 0.2) is 121 Å². The smallest absolute Gasteiger partial charge is 0.418 e. The van der Waals surface area contributed by atoms with Crippen LogP contribution in [0.2, 0.25) is 0 Å². The minimum absolute atomic E-state index is 0. The van der Waals surface area contributed by atoms with Crippen molar-refractivity contribution in [3.8, 4) is 0 Å². The van der Waals surface area contributed by atoms with Crippen molar-refractivity contribution in [3.63, 3.8) is 0 Å². The van der Waals surface area contributed by atoms with Crippen LogP contribution in [0.25, 0.3) is 0 Å². The van der Waals surface area contributed by atoms with Gasteiger partial charge in [-0.25, -0.2) is 0 Å². The fourth-order valence-electron chi connectivity index (χ4n) is 4.09. The predicted molar refractivity (Wildman–Crippen MR) is 191 cm³/mol. The largest absolute Gasteiger partial charge is 2.00 e. The Labute approximate surface area is 303 Å². The molecule has 0 bridgehead atoms. The van der Waals surface area contributed by atoms with E-state index in [1.807, 2.05) is 64.2 Å². The van der Waals surface area contributed by atoms with Gasteiger partial charge in [0.1, 0.15) is 0 Å². The maximum atomic E-state index is 9.75. The average Bonchev–Trinajstić information content (AvgIpc) is 3.84. The van der Waals surface area contributed by atoms with E-state index in [0.29, 0.717) is 0 Å². The molecule has 13 heteroatoms. The SMILES string of the molecule is F[B-](F)(F)F.F[B-](F)(F)F.[CH]1[CH][CH][CH][CH]1.[CH]1[CH][CH][CH][CH]1.[Mo+2].c1ccc(P(CCP(c2ccccc2)c2ccccc2)c2ccccc2)cc1. The number of halogens is 8. The van der Waals surface area contributed by atoms with Crippen LogP contribution in [0.5, 0.6) is 0 Å². The molecule has 2 aliphatic carbocycles. The van der Waals surface area contributed by atoms with Crippen LogP contribution in [0.1, 0.15) is 0 Å². The van der Waals surface area contributed by atoms with Gasteiger partial charge in [0.2, 0.25) is 0 Å². The Morgan fingerprint density at radius 1 is 0.306 bits per heavy atom. The molecule has 6 rings (SSSR count). The summed E-state index contributed by atoms with van der Waals surface area (Å²) in [6, 6.07) is 44.2. The molecule has 0 heterocycles. The van der Waals surface area contributed by atoms with Crippen molar-refractivity contribution in [2.24, 2.45) is 0 Å². The van der Waals surface area contributed by atoms with Gasteiger partial charge in [-0.3, -0.25) is 0 Å². The maximum absolute atomic E-state index is 9.75. The second kappa shape index (κ2) is 25.9. The molecule has 2 aliphatic rings. The predicted octanol–water partition coefficient (Wildman–Crippen LogP) is 9.89. The van der Waals surface area contributed by atoms with E-state index in [1.54, 1.807) is 0 Å². The van der Waals surface area contributed by atoms with Crippen LogP contribution in [0, 0.1) is 64.2 Å². The molecule has 0 amide bonds. The summed E-state index contributed by atoms with van der Waals surface area (Å²) in [6.45, 7) is 0. The van der Waals surface area contributed by atoms with E-state index in [4.69, 9.17) is 0 Å². The summed E-state index contributed by atoms with van der Waals surface area (Å²) >= 11 is 0. The molecule has 4 aromatic carbocycles. The van der Waals surface area contributed by atoms with E-state index in [9.17, 15) is 34.5 Å². The summed E-state index contributed by atoms with van der Waals surface area (Å²) in [5.74, 6) is 0. The quantitative estimate of drug-likeness (QED) is 0.0993. The summed E-state index contributed by atoms with van der Waals surface area (Å²) in [5, 5.41) is 5.89. The molecule has 0 N–H and O–H groups in total.